The van der Waals surface area contributed by atoms with Gasteiger partial charge in [0, 0.05) is 25.2 Å². The maximum Gasteiger partial charge on any atom is 0.108 e. The molecular formula is C11H22N4. The number of rotatable bonds is 2. The van der Waals surface area contributed by atoms with Gasteiger partial charge in [0.1, 0.15) is 5.84 Å². The number of amidine groups is 1. The molecule has 0 aliphatic carbocycles. The third-order valence-electron chi connectivity index (χ3n) is 3.93. The SMILES string of the molecule is CC1CN2CCCC2CN1C(C)C(=N)N. The summed E-state index contributed by atoms with van der Waals surface area (Å²) in [5.41, 5.74) is 5.59. The summed E-state index contributed by atoms with van der Waals surface area (Å²) in [6, 6.07) is 1.34. The molecule has 2 heterocycles. The highest BCUT2D eigenvalue weighted by molar-refractivity contribution is 5.82. The maximum atomic E-state index is 7.54. The van der Waals surface area contributed by atoms with Crippen molar-refractivity contribution in [2.45, 2.75) is 44.8 Å². The van der Waals surface area contributed by atoms with Crippen molar-refractivity contribution >= 4 is 5.84 Å². The van der Waals surface area contributed by atoms with Crippen molar-refractivity contribution in [1.82, 2.24) is 9.80 Å². The molecular weight excluding hydrogens is 188 g/mol. The summed E-state index contributed by atoms with van der Waals surface area (Å²) in [6.45, 7) is 7.78. The Morgan fingerprint density at radius 1 is 1.47 bits per heavy atom. The van der Waals surface area contributed by atoms with Gasteiger partial charge < -0.3 is 5.73 Å². The minimum absolute atomic E-state index is 0.0998. The number of piperazine rings is 1. The van der Waals surface area contributed by atoms with Crippen molar-refractivity contribution in [2.24, 2.45) is 5.73 Å². The maximum absolute atomic E-state index is 7.54. The van der Waals surface area contributed by atoms with Gasteiger partial charge in [0.2, 0.25) is 0 Å². The molecule has 0 saturated carbocycles. The molecule has 4 heteroatoms. The van der Waals surface area contributed by atoms with Crippen LogP contribution in [-0.4, -0.2) is 53.4 Å². The van der Waals surface area contributed by atoms with E-state index in [9.17, 15) is 0 Å². The van der Waals surface area contributed by atoms with E-state index >= 15 is 0 Å². The predicted octanol–water partition coefficient (Wildman–Crippen LogP) is 0.479. The molecule has 3 N–H and O–H groups in total. The minimum Gasteiger partial charge on any atom is -0.386 e. The fraction of sp³-hybridized carbons (Fsp3) is 0.909. The molecule has 0 aromatic carbocycles. The fourth-order valence-corrected chi connectivity index (χ4v) is 2.93. The van der Waals surface area contributed by atoms with Gasteiger partial charge in [-0.3, -0.25) is 15.2 Å². The van der Waals surface area contributed by atoms with Crippen molar-refractivity contribution in [1.29, 1.82) is 5.41 Å². The van der Waals surface area contributed by atoms with Gasteiger partial charge in [0.25, 0.3) is 0 Å². The molecule has 0 aromatic rings. The Balaban J connectivity index is 2.03. The molecule has 2 fully saturated rings. The number of nitrogens with zero attached hydrogens (tertiary/aromatic N) is 2. The minimum atomic E-state index is 0.0998. The molecule has 3 unspecified atom stereocenters. The zero-order valence-corrected chi connectivity index (χ0v) is 9.74. The highest BCUT2D eigenvalue weighted by Crippen LogP contribution is 2.25. The van der Waals surface area contributed by atoms with Crippen LogP contribution in [0.5, 0.6) is 0 Å². The van der Waals surface area contributed by atoms with Gasteiger partial charge in [0.15, 0.2) is 0 Å². The van der Waals surface area contributed by atoms with E-state index in [2.05, 4.69) is 16.7 Å². The summed E-state index contributed by atoms with van der Waals surface area (Å²) in [6.07, 6.45) is 2.65. The molecule has 0 bridgehead atoms. The van der Waals surface area contributed by atoms with Gasteiger partial charge in [-0.25, -0.2) is 0 Å². The average molecular weight is 210 g/mol. The molecule has 86 valence electrons. The van der Waals surface area contributed by atoms with Crippen molar-refractivity contribution in [3.8, 4) is 0 Å². The van der Waals surface area contributed by atoms with Gasteiger partial charge in [0.05, 0.1) is 6.04 Å². The summed E-state index contributed by atoms with van der Waals surface area (Å²) in [5.74, 6) is 0.299. The van der Waals surface area contributed by atoms with E-state index in [1.54, 1.807) is 0 Å². The van der Waals surface area contributed by atoms with Crippen LogP contribution < -0.4 is 5.73 Å². The van der Waals surface area contributed by atoms with E-state index in [-0.39, 0.29) is 6.04 Å². The van der Waals surface area contributed by atoms with Crippen LogP contribution in [0.2, 0.25) is 0 Å². The van der Waals surface area contributed by atoms with Crippen LogP contribution in [0.25, 0.3) is 0 Å². The van der Waals surface area contributed by atoms with E-state index in [1.807, 2.05) is 6.92 Å². The third-order valence-corrected chi connectivity index (χ3v) is 3.93. The molecule has 4 nitrogen and oxygen atoms in total. The Hall–Kier alpha value is -0.610. The summed E-state index contributed by atoms with van der Waals surface area (Å²) < 4.78 is 0. The summed E-state index contributed by atoms with van der Waals surface area (Å²) in [5, 5.41) is 7.54. The van der Waals surface area contributed by atoms with Crippen LogP contribution in [-0.2, 0) is 0 Å². The zero-order chi connectivity index (χ0) is 11.0. The van der Waals surface area contributed by atoms with Crippen LogP contribution in [0.3, 0.4) is 0 Å². The first-order valence-corrected chi connectivity index (χ1v) is 5.93. The van der Waals surface area contributed by atoms with Crippen molar-refractivity contribution in [3.05, 3.63) is 0 Å². The normalized spacial score (nSPS) is 35.1. The van der Waals surface area contributed by atoms with Gasteiger partial charge in [-0.05, 0) is 33.2 Å². The first kappa shape index (κ1) is 10.9. The van der Waals surface area contributed by atoms with Crippen molar-refractivity contribution in [3.63, 3.8) is 0 Å². The lowest BCUT2D eigenvalue weighted by molar-refractivity contribution is 0.0498. The van der Waals surface area contributed by atoms with E-state index < -0.39 is 0 Å². The van der Waals surface area contributed by atoms with Crippen molar-refractivity contribution < 1.29 is 0 Å². The monoisotopic (exact) mass is 210 g/mol. The standard InChI is InChI=1S/C11H22N4/c1-8-6-14-5-3-4-10(14)7-15(8)9(2)11(12)13/h8-10H,3-7H2,1-2H3,(H3,12,13). The number of hydrogen-bond acceptors (Lipinski definition) is 3. The molecule has 0 amide bonds. The third kappa shape index (κ3) is 2.01. The lowest BCUT2D eigenvalue weighted by atomic mass is 10.1. The number of hydrogen-bond donors (Lipinski definition) is 2. The molecule has 2 rings (SSSR count). The zero-order valence-electron chi connectivity index (χ0n) is 9.74. The first-order valence-electron chi connectivity index (χ1n) is 5.93. The fourth-order valence-electron chi connectivity index (χ4n) is 2.93. The predicted molar refractivity (Wildman–Crippen MR) is 62.1 cm³/mol. The number of fused-ring (bicyclic) bond motifs is 1. The van der Waals surface area contributed by atoms with E-state index in [0.29, 0.717) is 17.9 Å². The van der Waals surface area contributed by atoms with Gasteiger partial charge >= 0.3 is 0 Å². The second kappa shape index (κ2) is 4.10. The van der Waals surface area contributed by atoms with Crippen LogP contribution in [0.4, 0.5) is 0 Å². The summed E-state index contributed by atoms with van der Waals surface area (Å²) in [7, 11) is 0. The quantitative estimate of drug-likeness (QED) is 0.515. The van der Waals surface area contributed by atoms with Crippen molar-refractivity contribution in [2.75, 3.05) is 19.6 Å². The molecule has 0 spiro atoms. The molecule has 0 radical (unpaired) electrons. The van der Waals surface area contributed by atoms with Crippen LogP contribution in [0.1, 0.15) is 26.7 Å². The Labute approximate surface area is 91.9 Å². The topological polar surface area (TPSA) is 56.4 Å². The largest absolute Gasteiger partial charge is 0.386 e. The van der Waals surface area contributed by atoms with Crippen LogP contribution in [0, 0.1) is 5.41 Å². The summed E-state index contributed by atoms with van der Waals surface area (Å²) >= 11 is 0. The van der Waals surface area contributed by atoms with Gasteiger partial charge in [-0.15, -0.1) is 0 Å². The highest BCUT2D eigenvalue weighted by atomic mass is 15.3. The van der Waals surface area contributed by atoms with Crippen LogP contribution in [0.15, 0.2) is 0 Å². The molecule has 15 heavy (non-hydrogen) atoms. The molecule has 3 atom stereocenters. The van der Waals surface area contributed by atoms with Gasteiger partial charge in [-0.2, -0.15) is 0 Å². The smallest absolute Gasteiger partial charge is 0.108 e. The molecule has 2 aliphatic rings. The Bertz CT molecular complexity index is 253. The lowest BCUT2D eigenvalue weighted by Crippen LogP contribution is -2.59. The number of nitrogens with one attached hydrogen (secondary N) is 1. The van der Waals surface area contributed by atoms with E-state index in [0.717, 1.165) is 13.1 Å². The first-order chi connectivity index (χ1) is 7.09. The molecule has 2 aliphatic heterocycles. The van der Waals surface area contributed by atoms with Gasteiger partial charge in [-0.1, -0.05) is 0 Å². The van der Waals surface area contributed by atoms with Crippen LogP contribution >= 0.6 is 0 Å². The Morgan fingerprint density at radius 2 is 2.20 bits per heavy atom. The Kier molecular flexibility index (Phi) is 2.98. The van der Waals surface area contributed by atoms with E-state index in [1.165, 1.54) is 19.4 Å². The second-order valence-electron chi connectivity index (χ2n) is 4.97. The average Bonchev–Trinajstić information content (AvgIpc) is 2.62. The molecule has 0 aromatic heterocycles. The van der Waals surface area contributed by atoms with E-state index in [4.69, 9.17) is 11.1 Å². The molecule has 2 saturated heterocycles. The summed E-state index contributed by atoms with van der Waals surface area (Å²) in [4.78, 5) is 4.98. The number of nitrogens with two attached hydrogens (primary N) is 1. The Morgan fingerprint density at radius 3 is 2.87 bits per heavy atom. The highest BCUT2D eigenvalue weighted by Gasteiger charge is 2.36. The second-order valence-corrected chi connectivity index (χ2v) is 4.97. The lowest BCUT2D eigenvalue weighted by Gasteiger charge is -2.44.